The summed E-state index contributed by atoms with van der Waals surface area (Å²) in [5.74, 6) is 3.35. The summed E-state index contributed by atoms with van der Waals surface area (Å²) in [5, 5.41) is 30.0. The number of aromatic nitrogens is 6. The van der Waals surface area contributed by atoms with E-state index in [1.54, 1.807) is 45.5 Å². The van der Waals surface area contributed by atoms with Gasteiger partial charge in [-0.1, -0.05) is 0 Å². The molecule has 6 aromatic rings. The third kappa shape index (κ3) is 19.7. The largest absolute Gasteiger partial charge is 1.00 e. The van der Waals surface area contributed by atoms with Crippen LogP contribution in [0.5, 0.6) is 23.0 Å². The maximum atomic E-state index is 6.50. The van der Waals surface area contributed by atoms with E-state index in [1.807, 2.05) is 69.7 Å². The van der Waals surface area contributed by atoms with Crippen molar-refractivity contribution in [3.05, 3.63) is 121 Å². The van der Waals surface area contributed by atoms with Crippen LogP contribution in [0.2, 0.25) is 0 Å². The molecule has 6 rings (SSSR count). The van der Waals surface area contributed by atoms with Crippen molar-refractivity contribution < 1.29 is 187 Å². The molecule has 13 nitrogen and oxygen atoms in total. The molecule has 0 atom stereocenters. The van der Waals surface area contributed by atoms with E-state index in [1.165, 1.54) is 22.4 Å². The Kier molecular flexibility index (Phi) is 35.0. The first-order chi connectivity index (χ1) is 24.9. The van der Waals surface area contributed by atoms with Gasteiger partial charge in [-0.15, -0.1) is 23.5 Å². The van der Waals surface area contributed by atoms with Crippen LogP contribution < -0.4 is 44.3 Å². The number of thioether (sulfide) groups is 2. The van der Waals surface area contributed by atoms with Crippen LogP contribution in [0.1, 0.15) is 11.1 Å². The predicted molar refractivity (Wildman–Crippen MR) is 203 cm³/mol. The van der Waals surface area contributed by atoms with Crippen LogP contribution in [0.25, 0.3) is 11.4 Å². The summed E-state index contributed by atoms with van der Waals surface area (Å²) in [4.78, 5) is 12.5. The van der Waals surface area contributed by atoms with Crippen LogP contribution in [-0.4, -0.2) is 91.7 Å². The summed E-state index contributed by atoms with van der Waals surface area (Å²) in [6.45, 7) is 1.49. The topological polar surface area (TPSA) is 156 Å². The van der Waals surface area contributed by atoms with Crippen molar-refractivity contribution in [2.45, 2.75) is 22.9 Å². The number of rotatable bonds is 12. The van der Waals surface area contributed by atoms with Gasteiger partial charge in [-0.05, 0) is 119 Å². The van der Waals surface area contributed by atoms with Gasteiger partial charge in [0.15, 0.2) is 0 Å². The summed E-state index contributed by atoms with van der Waals surface area (Å²) in [6, 6.07) is 28.3. The number of nitrogens with zero attached hydrogens (tertiary/aromatic N) is 7. The van der Waals surface area contributed by atoms with E-state index in [4.69, 9.17) is 25.0 Å². The van der Waals surface area contributed by atoms with Crippen molar-refractivity contribution in [3.8, 4) is 34.4 Å². The zero-order valence-electron chi connectivity index (χ0n) is 31.7. The average Bonchev–Trinajstić information content (AvgIpc) is 3.92. The maximum absolute atomic E-state index is 6.50. The molecule has 0 amide bonds. The second kappa shape index (κ2) is 33.4. The van der Waals surface area contributed by atoms with Crippen LogP contribution in [0.3, 0.4) is 0 Å². The first-order valence-corrected chi connectivity index (χ1v) is 17.8. The minimum absolute atomic E-state index is 0. The SMILES string of the molecule is CNCc1cc(-n2cncn2)ccc1Oc1ccc(SC)cc1.CSc1ccc(Oc2ccc(-n3cncn3)cc2CN(C)C)cc1.OO.[Ac].[Ac].[Ac].[B-]O.[Na+]. The molecule has 0 spiro atoms. The minimum Gasteiger partial charge on any atom is -0.715 e. The summed E-state index contributed by atoms with van der Waals surface area (Å²) in [7, 11) is 9.50. The van der Waals surface area contributed by atoms with Crippen molar-refractivity contribution >= 4 is 31.6 Å². The van der Waals surface area contributed by atoms with Crippen molar-refractivity contribution in [1.82, 2.24) is 39.7 Å². The van der Waals surface area contributed by atoms with E-state index in [0.29, 0.717) is 6.54 Å². The van der Waals surface area contributed by atoms with Crippen LogP contribution in [-0.2, 0) is 13.1 Å². The van der Waals surface area contributed by atoms with Gasteiger partial charge in [0.25, 0.3) is 0 Å². The smallest absolute Gasteiger partial charge is 0.715 e. The van der Waals surface area contributed by atoms with Gasteiger partial charge in [0.1, 0.15) is 48.3 Å². The number of nitrogens with one attached hydrogen (secondary N) is 1. The fraction of sp³-hybridized carbons (Fsp3) is 0.200. The molecule has 0 fully saturated rings. The molecule has 0 saturated heterocycles. The van der Waals surface area contributed by atoms with Gasteiger partial charge < -0.3 is 32.8 Å². The second-order valence-electron chi connectivity index (χ2n) is 10.6. The molecule has 0 aliphatic rings. The molecule has 6 radical (unpaired) electrons. The Morgan fingerprint density at radius 3 is 1.42 bits per heavy atom. The molecule has 0 aliphatic heterocycles. The fourth-order valence-electron chi connectivity index (χ4n) is 4.63. The van der Waals surface area contributed by atoms with Gasteiger partial charge in [0.05, 0.1) is 11.4 Å². The van der Waals surface area contributed by atoms with Crippen molar-refractivity contribution in [1.29, 1.82) is 0 Å². The molecule has 55 heavy (non-hydrogen) atoms. The molecule has 0 unspecified atom stereocenters. The molecule has 0 bridgehead atoms. The third-order valence-corrected chi connectivity index (χ3v) is 8.37. The maximum Gasteiger partial charge on any atom is 1.00 e. The van der Waals surface area contributed by atoms with E-state index in [2.05, 4.69) is 87.3 Å². The summed E-state index contributed by atoms with van der Waals surface area (Å²) in [5.41, 5.74) is 4.09. The van der Waals surface area contributed by atoms with Gasteiger partial charge in [0.2, 0.25) is 0 Å². The van der Waals surface area contributed by atoms with E-state index >= 15 is 0 Å². The molecule has 2 heterocycles. The quantitative estimate of drug-likeness (QED) is 0.0614. The van der Waals surface area contributed by atoms with Gasteiger partial charge in [-0.3, -0.25) is 10.5 Å². The number of hydrogen-bond donors (Lipinski definition) is 4. The van der Waals surface area contributed by atoms with E-state index in [-0.39, 0.29) is 162 Å². The van der Waals surface area contributed by atoms with E-state index in [9.17, 15) is 0 Å². The fourth-order valence-corrected chi connectivity index (χ4v) is 5.45. The van der Waals surface area contributed by atoms with Gasteiger partial charge in [-0.2, -0.15) is 10.2 Å². The standard InChI is InChI=1S/C18H20N4OS.C17H18N4OS.3Ac.BHO.Na.H2O2/c1-21(2)11-14-10-15(22-13-19-12-20-22)4-9-18(14)23-16-5-7-17(24-3)8-6-16;1-18-10-13-9-14(21-12-19-11-20-21)3-8-17(13)22-15-4-6-16(23-2)7-5-15;;;;1-2;;1-2/h4-10,12-13H,11H2,1-3H3;3-9,11-12,18H,10H2,1-2H3;;;;2H;;1-2H/q;;;;;-1;+1;. The Morgan fingerprint density at radius 1 is 0.673 bits per heavy atom. The number of ether oxygens (including phenoxy) is 2. The summed E-state index contributed by atoms with van der Waals surface area (Å²) in [6.07, 6.45) is 10.5. The summed E-state index contributed by atoms with van der Waals surface area (Å²) >= 11 is 3.43. The van der Waals surface area contributed by atoms with Crippen LogP contribution in [0, 0.1) is 132 Å². The van der Waals surface area contributed by atoms with E-state index in [0.717, 1.165) is 52.0 Å². The van der Waals surface area contributed by atoms with Gasteiger partial charge >= 0.3 is 29.6 Å². The molecular weight excluding hydrogens is 1390 g/mol. The Bertz CT molecular complexity index is 1860. The number of hydrogen-bond acceptors (Lipinski definition) is 13. The van der Waals surface area contributed by atoms with Crippen LogP contribution in [0.4, 0.5) is 0 Å². The first-order valence-electron chi connectivity index (χ1n) is 15.3. The molecule has 276 valence electrons. The van der Waals surface area contributed by atoms with Crippen molar-refractivity contribution in [2.24, 2.45) is 0 Å². The van der Waals surface area contributed by atoms with E-state index < -0.39 is 0 Å². The van der Waals surface area contributed by atoms with Gasteiger partial charge in [0, 0.05) is 166 Å². The number of benzene rings is 4. The minimum atomic E-state index is 0. The predicted octanol–water partition coefficient (Wildman–Crippen LogP) is 3.43. The molecular formula is C35H41Ac3BN8NaO5S2. The second-order valence-corrected chi connectivity index (χ2v) is 12.3. The first kappa shape index (κ1) is 57.7. The van der Waals surface area contributed by atoms with Crippen LogP contribution >= 0.6 is 23.5 Å². The Morgan fingerprint density at radius 2 is 1.07 bits per heavy atom. The molecule has 0 saturated carbocycles. The Labute approximate surface area is 462 Å². The summed E-state index contributed by atoms with van der Waals surface area (Å²) < 4.78 is 15.6. The van der Waals surface area contributed by atoms with Crippen molar-refractivity contribution in [2.75, 3.05) is 33.7 Å². The molecule has 20 heteroatoms. The molecule has 4 N–H and O–H groups in total. The van der Waals surface area contributed by atoms with Gasteiger partial charge in [-0.25, -0.2) is 19.3 Å². The Hall–Kier alpha value is 0.650. The molecule has 4 aromatic carbocycles. The third-order valence-electron chi connectivity index (χ3n) is 6.88. The zero-order valence-corrected chi connectivity index (χ0v) is 49.6. The average molecular weight is 1430 g/mol. The molecule has 0 aliphatic carbocycles. The molecule has 2 aromatic heterocycles. The van der Waals surface area contributed by atoms with Crippen molar-refractivity contribution in [3.63, 3.8) is 0 Å². The monoisotopic (exact) mass is 1430 g/mol. The van der Waals surface area contributed by atoms with Crippen LogP contribution in [0.15, 0.2) is 120 Å². The Balaban J connectivity index is 0. The zero-order chi connectivity index (χ0) is 37.0. The normalized spacial score (nSPS) is 9.49.